The van der Waals surface area contributed by atoms with E-state index in [1.54, 1.807) is 12.1 Å². The minimum absolute atomic E-state index is 0.0760. The second-order valence-corrected chi connectivity index (χ2v) is 4.70. The van der Waals surface area contributed by atoms with Gasteiger partial charge in [-0.05, 0) is 31.7 Å². The molecule has 0 heterocycles. The van der Waals surface area contributed by atoms with E-state index < -0.39 is 0 Å². The van der Waals surface area contributed by atoms with Crippen molar-refractivity contribution in [3.8, 4) is 11.5 Å². The van der Waals surface area contributed by atoms with Crippen molar-refractivity contribution < 1.29 is 15.3 Å². The number of phenolic OH excluding ortho intramolecular Hbond substituents is 2. The van der Waals surface area contributed by atoms with E-state index in [1.165, 1.54) is 6.07 Å². The lowest BCUT2D eigenvalue weighted by Crippen LogP contribution is -2.34. The molecule has 2 rings (SSSR count). The fraction of sp³-hybridized carbons (Fsp3) is 0.538. The van der Waals surface area contributed by atoms with Crippen molar-refractivity contribution in [2.24, 2.45) is 0 Å². The van der Waals surface area contributed by atoms with Crippen LogP contribution in [0, 0.1) is 0 Å². The summed E-state index contributed by atoms with van der Waals surface area (Å²) in [7, 11) is 0. The van der Waals surface area contributed by atoms with Crippen LogP contribution in [-0.2, 0) is 6.54 Å². The molecule has 0 bridgehead atoms. The summed E-state index contributed by atoms with van der Waals surface area (Å²) in [5.74, 6) is 0.195. The van der Waals surface area contributed by atoms with Gasteiger partial charge in [-0.1, -0.05) is 6.07 Å². The van der Waals surface area contributed by atoms with E-state index in [0.717, 1.165) is 31.2 Å². The van der Waals surface area contributed by atoms with E-state index in [0.29, 0.717) is 12.6 Å². The summed E-state index contributed by atoms with van der Waals surface area (Å²) >= 11 is 0. The number of aliphatic hydroxyl groups is 1. The van der Waals surface area contributed by atoms with Crippen molar-refractivity contribution in [3.63, 3.8) is 0 Å². The Bertz CT molecular complexity index is 373. The normalized spacial score (nSPS) is 24.8. The number of aliphatic hydroxyl groups excluding tert-OH is 1. The average molecular weight is 237 g/mol. The molecule has 4 N–H and O–H groups in total. The minimum Gasteiger partial charge on any atom is -0.508 e. The zero-order valence-electron chi connectivity index (χ0n) is 9.76. The van der Waals surface area contributed by atoms with Gasteiger partial charge in [-0.25, -0.2) is 0 Å². The Morgan fingerprint density at radius 1 is 1.12 bits per heavy atom. The summed E-state index contributed by atoms with van der Waals surface area (Å²) in [5, 5.41) is 31.6. The molecule has 1 fully saturated rings. The Balaban J connectivity index is 1.85. The molecule has 0 aromatic heterocycles. The van der Waals surface area contributed by atoms with Gasteiger partial charge in [0.15, 0.2) is 0 Å². The molecule has 0 atom stereocenters. The van der Waals surface area contributed by atoms with Crippen molar-refractivity contribution >= 4 is 0 Å². The van der Waals surface area contributed by atoms with Gasteiger partial charge in [0.1, 0.15) is 11.5 Å². The molecular formula is C13H19NO3. The number of hydrogen-bond donors (Lipinski definition) is 4. The first-order chi connectivity index (χ1) is 8.15. The molecule has 4 nitrogen and oxygen atoms in total. The zero-order chi connectivity index (χ0) is 12.3. The highest BCUT2D eigenvalue weighted by molar-refractivity contribution is 5.38. The van der Waals surface area contributed by atoms with Crippen LogP contribution < -0.4 is 5.32 Å². The molecule has 1 saturated carbocycles. The van der Waals surface area contributed by atoms with Crippen LogP contribution in [0.25, 0.3) is 0 Å². The third kappa shape index (κ3) is 3.35. The maximum Gasteiger partial charge on any atom is 0.123 e. The molecule has 0 saturated heterocycles. The predicted octanol–water partition coefficient (Wildman–Crippen LogP) is 1.49. The van der Waals surface area contributed by atoms with E-state index in [2.05, 4.69) is 5.32 Å². The van der Waals surface area contributed by atoms with Crippen molar-refractivity contribution in [2.75, 3.05) is 0 Å². The average Bonchev–Trinajstić information content (AvgIpc) is 2.30. The first-order valence-corrected chi connectivity index (χ1v) is 6.07. The number of rotatable bonds is 3. The summed E-state index contributed by atoms with van der Waals surface area (Å²) in [6, 6.07) is 5.05. The highest BCUT2D eigenvalue weighted by Crippen LogP contribution is 2.23. The standard InChI is InChI=1S/C13H19NO3/c15-11-5-2-10(3-6-11)14-8-9-1-4-12(16)7-13(9)17/h1,4,7,10-11,14-17H,2-3,5-6,8H2. The van der Waals surface area contributed by atoms with Crippen molar-refractivity contribution in [1.82, 2.24) is 5.32 Å². The molecule has 17 heavy (non-hydrogen) atoms. The summed E-state index contributed by atoms with van der Waals surface area (Å²) in [5.41, 5.74) is 0.786. The largest absolute Gasteiger partial charge is 0.508 e. The lowest BCUT2D eigenvalue weighted by Gasteiger charge is -2.26. The Morgan fingerprint density at radius 2 is 1.82 bits per heavy atom. The summed E-state index contributed by atoms with van der Waals surface area (Å²) in [6.07, 6.45) is 3.49. The van der Waals surface area contributed by atoms with Crippen LogP contribution in [0.2, 0.25) is 0 Å². The summed E-state index contributed by atoms with van der Waals surface area (Å²) in [6.45, 7) is 0.590. The fourth-order valence-corrected chi connectivity index (χ4v) is 2.24. The molecule has 1 aromatic carbocycles. The number of benzene rings is 1. The van der Waals surface area contributed by atoms with Crippen molar-refractivity contribution in [3.05, 3.63) is 23.8 Å². The molecule has 0 spiro atoms. The Hall–Kier alpha value is -1.26. The van der Waals surface area contributed by atoms with Crippen LogP contribution in [-0.4, -0.2) is 27.5 Å². The molecule has 1 aromatic rings. The van der Waals surface area contributed by atoms with Gasteiger partial charge in [0.25, 0.3) is 0 Å². The van der Waals surface area contributed by atoms with Crippen LogP contribution in [0.5, 0.6) is 11.5 Å². The molecule has 0 radical (unpaired) electrons. The van der Waals surface area contributed by atoms with Crippen LogP contribution >= 0.6 is 0 Å². The van der Waals surface area contributed by atoms with Crippen LogP contribution in [0.3, 0.4) is 0 Å². The molecule has 0 aliphatic heterocycles. The van der Waals surface area contributed by atoms with Gasteiger partial charge >= 0.3 is 0 Å². The second-order valence-electron chi connectivity index (χ2n) is 4.70. The van der Waals surface area contributed by atoms with Gasteiger partial charge in [-0.15, -0.1) is 0 Å². The molecule has 1 aliphatic carbocycles. The van der Waals surface area contributed by atoms with E-state index in [9.17, 15) is 15.3 Å². The quantitative estimate of drug-likeness (QED) is 0.642. The maximum atomic E-state index is 9.62. The van der Waals surface area contributed by atoms with E-state index in [4.69, 9.17) is 0 Å². The number of phenols is 2. The van der Waals surface area contributed by atoms with Gasteiger partial charge in [0, 0.05) is 24.2 Å². The van der Waals surface area contributed by atoms with Crippen molar-refractivity contribution in [1.29, 1.82) is 0 Å². The van der Waals surface area contributed by atoms with Gasteiger partial charge in [-0.3, -0.25) is 0 Å². The topological polar surface area (TPSA) is 72.7 Å². The number of aromatic hydroxyl groups is 2. The van der Waals surface area contributed by atoms with Crippen LogP contribution in [0.15, 0.2) is 18.2 Å². The van der Waals surface area contributed by atoms with Crippen molar-refractivity contribution in [2.45, 2.75) is 44.4 Å². The van der Waals surface area contributed by atoms with Gasteiger partial charge in [0.2, 0.25) is 0 Å². The smallest absolute Gasteiger partial charge is 0.123 e. The van der Waals surface area contributed by atoms with E-state index >= 15 is 0 Å². The zero-order valence-corrected chi connectivity index (χ0v) is 9.76. The molecule has 1 aliphatic rings. The number of nitrogens with one attached hydrogen (secondary N) is 1. The second kappa shape index (κ2) is 5.38. The Kier molecular flexibility index (Phi) is 3.86. The summed E-state index contributed by atoms with van der Waals surface area (Å²) < 4.78 is 0. The highest BCUT2D eigenvalue weighted by Gasteiger charge is 2.18. The van der Waals surface area contributed by atoms with E-state index in [-0.39, 0.29) is 17.6 Å². The first-order valence-electron chi connectivity index (χ1n) is 6.07. The monoisotopic (exact) mass is 237 g/mol. The van der Waals surface area contributed by atoms with Gasteiger partial charge in [0.05, 0.1) is 6.10 Å². The maximum absolute atomic E-state index is 9.62. The highest BCUT2D eigenvalue weighted by atomic mass is 16.3. The third-order valence-corrected chi connectivity index (χ3v) is 3.35. The van der Waals surface area contributed by atoms with Gasteiger partial charge < -0.3 is 20.6 Å². The molecular weight excluding hydrogens is 218 g/mol. The molecule has 94 valence electrons. The lowest BCUT2D eigenvalue weighted by atomic mass is 9.93. The minimum atomic E-state index is -0.143. The number of hydrogen-bond acceptors (Lipinski definition) is 4. The predicted molar refractivity (Wildman–Crippen MR) is 64.9 cm³/mol. The van der Waals surface area contributed by atoms with E-state index in [1.807, 2.05) is 0 Å². The summed E-state index contributed by atoms with van der Waals surface area (Å²) in [4.78, 5) is 0. The van der Waals surface area contributed by atoms with Crippen LogP contribution in [0.4, 0.5) is 0 Å². The Morgan fingerprint density at radius 3 is 2.47 bits per heavy atom. The van der Waals surface area contributed by atoms with Crippen LogP contribution in [0.1, 0.15) is 31.2 Å². The van der Waals surface area contributed by atoms with Gasteiger partial charge in [-0.2, -0.15) is 0 Å². The SMILES string of the molecule is Oc1ccc(CNC2CCC(O)CC2)c(O)c1. The lowest BCUT2D eigenvalue weighted by molar-refractivity contribution is 0.116. The molecule has 0 unspecified atom stereocenters. The molecule has 4 heteroatoms. The Labute approximate surface area is 101 Å². The first kappa shape index (κ1) is 12.2. The third-order valence-electron chi connectivity index (χ3n) is 3.35. The molecule has 0 amide bonds. The fourth-order valence-electron chi connectivity index (χ4n) is 2.24.